The lowest BCUT2D eigenvalue weighted by atomic mass is 10.0. The van der Waals surface area contributed by atoms with Gasteiger partial charge in [0.2, 0.25) is 0 Å². The number of hydrogen-bond acceptors (Lipinski definition) is 3. The Kier molecular flexibility index (Phi) is 3.85. The van der Waals surface area contributed by atoms with Crippen LogP contribution in [0.25, 0.3) is 0 Å². The maximum Gasteiger partial charge on any atom is 0.119 e. The van der Waals surface area contributed by atoms with Crippen molar-refractivity contribution in [3.8, 4) is 5.75 Å². The van der Waals surface area contributed by atoms with Gasteiger partial charge in [0.25, 0.3) is 0 Å². The molecule has 94 valence electrons. The second-order valence-corrected chi connectivity index (χ2v) is 4.07. The van der Waals surface area contributed by atoms with E-state index in [2.05, 4.69) is 0 Å². The first-order chi connectivity index (χ1) is 8.70. The molecular weight excluding hydrogens is 226 g/mol. The molecule has 0 aliphatic rings. The molecule has 0 aromatic heterocycles. The number of nitrogen functional groups attached to an aromatic ring is 1. The van der Waals surface area contributed by atoms with Gasteiger partial charge < -0.3 is 15.6 Å². The fourth-order valence-electron chi connectivity index (χ4n) is 1.83. The molecule has 3 nitrogen and oxygen atoms in total. The Morgan fingerprint density at radius 3 is 2.44 bits per heavy atom. The third-order valence-corrected chi connectivity index (χ3v) is 2.73. The van der Waals surface area contributed by atoms with Gasteiger partial charge in [-0.2, -0.15) is 0 Å². The van der Waals surface area contributed by atoms with Crippen molar-refractivity contribution in [1.29, 1.82) is 0 Å². The SMILES string of the molecule is CCOc1ccc(C(O)c2cccc(N)c2)cc1. The van der Waals surface area contributed by atoms with Gasteiger partial charge in [0.1, 0.15) is 11.9 Å². The lowest BCUT2D eigenvalue weighted by Crippen LogP contribution is -2.00. The smallest absolute Gasteiger partial charge is 0.119 e. The van der Waals surface area contributed by atoms with E-state index in [9.17, 15) is 5.11 Å². The molecule has 0 aliphatic carbocycles. The highest BCUT2D eigenvalue weighted by atomic mass is 16.5. The van der Waals surface area contributed by atoms with E-state index in [1.807, 2.05) is 43.3 Å². The van der Waals surface area contributed by atoms with Gasteiger partial charge in [-0.05, 0) is 42.3 Å². The summed E-state index contributed by atoms with van der Waals surface area (Å²) in [6.07, 6.45) is -0.663. The minimum Gasteiger partial charge on any atom is -0.494 e. The van der Waals surface area contributed by atoms with Crippen LogP contribution in [-0.4, -0.2) is 11.7 Å². The summed E-state index contributed by atoms with van der Waals surface area (Å²) >= 11 is 0. The molecule has 0 heterocycles. The van der Waals surface area contributed by atoms with Crippen molar-refractivity contribution >= 4 is 5.69 Å². The predicted octanol–water partition coefficient (Wildman–Crippen LogP) is 2.75. The summed E-state index contributed by atoms with van der Waals surface area (Å²) in [6, 6.07) is 14.7. The van der Waals surface area contributed by atoms with Gasteiger partial charge in [0.15, 0.2) is 0 Å². The van der Waals surface area contributed by atoms with Gasteiger partial charge in [-0.25, -0.2) is 0 Å². The molecular formula is C15H17NO2. The number of anilines is 1. The largest absolute Gasteiger partial charge is 0.494 e. The van der Waals surface area contributed by atoms with Crippen LogP contribution in [0.4, 0.5) is 5.69 Å². The van der Waals surface area contributed by atoms with E-state index in [1.165, 1.54) is 0 Å². The van der Waals surface area contributed by atoms with Gasteiger partial charge in [-0.15, -0.1) is 0 Å². The average Bonchev–Trinajstić information content (AvgIpc) is 2.39. The van der Waals surface area contributed by atoms with Crippen LogP contribution in [-0.2, 0) is 0 Å². The van der Waals surface area contributed by atoms with Gasteiger partial charge in [0.05, 0.1) is 6.61 Å². The number of aliphatic hydroxyl groups excluding tert-OH is 1. The molecule has 1 atom stereocenters. The molecule has 0 spiro atoms. The topological polar surface area (TPSA) is 55.5 Å². The molecule has 2 aromatic carbocycles. The van der Waals surface area contributed by atoms with E-state index in [0.29, 0.717) is 12.3 Å². The van der Waals surface area contributed by atoms with Crippen molar-refractivity contribution in [2.45, 2.75) is 13.0 Å². The molecule has 0 saturated carbocycles. The predicted molar refractivity (Wildman–Crippen MR) is 72.5 cm³/mol. The summed E-state index contributed by atoms with van der Waals surface area (Å²) < 4.78 is 5.36. The van der Waals surface area contributed by atoms with Crippen molar-refractivity contribution in [3.05, 3.63) is 59.7 Å². The number of ether oxygens (including phenoxy) is 1. The van der Waals surface area contributed by atoms with Crippen LogP contribution >= 0.6 is 0 Å². The van der Waals surface area contributed by atoms with Crippen LogP contribution in [0.2, 0.25) is 0 Å². The molecule has 0 aliphatic heterocycles. The summed E-state index contributed by atoms with van der Waals surface area (Å²) in [5.41, 5.74) is 7.97. The molecule has 3 N–H and O–H groups in total. The molecule has 1 unspecified atom stereocenters. The van der Waals surface area contributed by atoms with Crippen molar-refractivity contribution in [3.63, 3.8) is 0 Å². The Balaban J connectivity index is 2.20. The Morgan fingerprint density at radius 2 is 1.83 bits per heavy atom. The number of benzene rings is 2. The number of hydrogen-bond donors (Lipinski definition) is 2. The maximum absolute atomic E-state index is 10.2. The third kappa shape index (κ3) is 2.81. The summed E-state index contributed by atoms with van der Waals surface area (Å²) in [7, 11) is 0. The van der Waals surface area contributed by atoms with Crippen LogP contribution in [0.5, 0.6) is 5.75 Å². The molecule has 0 radical (unpaired) electrons. The second kappa shape index (κ2) is 5.56. The summed E-state index contributed by atoms with van der Waals surface area (Å²) in [4.78, 5) is 0. The van der Waals surface area contributed by atoms with Crippen molar-refractivity contribution in [2.75, 3.05) is 12.3 Å². The summed E-state index contributed by atoms with van der Waals surface area (Å²) in [5.74, 6) is 0.807. The van der Waals surface area contributed by atoms with E-state index in [1.54, 1.807) is 12.1 Å². The van der Waals surface area contributed by atoms with Gasteiger partial charge in [-0.3, -0.25) is 0 Å². The Morgan fingerprint density at radius 1 is 1.11 bits per heavy atom. The van der Waals surface area contributed by atoms with Crippen molar-refractivity contribution in [2.24, 2.45) is 0 Å². The molecule has 3 heteroatoms. The zero-order chi connectivity index (χ0) is 13.0. The van der Waals surface area contributed by atoms with E-state index < -0.39 is 6.10 Å². The highest BCUT2D eigenvalue weighted by molar-refractivity contribution is 5.44. The minimum atomic E-state index is -0.663. The number of aliphatic hydroxyl groups is 1. The van der Waals surface area contributed by atoms with Crippen LogP contribution in [0, 0.1) is 0 Å². The first kappa shape index (κ1) is 12.5. The number of nitrogens with two attached hydrogens (primary N) is 1. The van der Waals surface area contributed by atoms with Crippen LogP contribution in [0.3, 0.4) is 0 Å². The van der Waals surface area contributed by atoms with E-state index in [-0.39, 0.29) is 0 Å². The highest BCUT2D eigenvalue weighted by Crippen LogP contribution is 2.25. The first-order valence-electron chi connectivity index (χ1n) is 5.97. The lowest BCUT2D eigenvalue weighted by Gasteiger charge is -2.12. The van der Waals surface area contributed by atoms with E-state index >= 15 is 0 Å². The van der Waals surface area contributed by atoms with Gasteiger partial charge in [-0.1, -0.05) is 24.3 Å². The van der Waals surface area contributed by atoms with Gasteiger partial charge in [0, 0.05) is 5.69 Å². The Labute approximate surface area is 107 Å². The first-order valence-corrected chi connectivity index (χ1v) is 5.97. The molecule has 0 saturated heterocycles. The lowest BCUT2D eigenvalue weighted by molar-refractivity contribution is 0.220. The normalized spacial score (nSPS) is 12.1. The maximum atomic E-state index is 10.2. The Bertz CT molecular complexity index is 508. The van der Waals surface area contributed by atoms with Crippen LogP contribution in [0.1, 0.15) is 24.2 Å². The molecule has 0 bridgehead atoms. The third-order valence-electron chi connectivity index (χ3n) is 2.73. The molecule has 2 rings (SSSR count). The Hall–Kier alpha value is -2.00. The highest BCUT2D eigenvalue weighted by Gasteiger charge is 2.10. The van der Waals surface area contributed by atoms with E-state index in [4.69, 9.17) is 10.5 Å². The van der Waals surface area contributed by atoms with Crippen molar-refractivity contribution in [1.82, 2.24) is 0 Å². The monoisotopic (exact) mass is 243 g/mol. The van der Waals surface area contributed by atoms with Crippen LogP contribution in [0.15, 0.2) is 48.5 Å². The van der Waals surface area contributed by atoms with Crippen LogP contribution < -0.4 is 10.5 Å². The molecule has 0 fully saturated rings. The minimum absolute atomic E-state index is 0.636. The zero-order valence-corrected chi connectivity index (χ0v) is 10.3. The summed E-state index contributed by atoms with van der Waals surface area (Å²) in [5, 5.41) is 10.2. The second-order valence-electron chi connectivity index (χ2n) is 4.07. The fraction of sp³-hybridized carbons (Fsp3) is 0.200. The summed E-state index contributed by atoms with van der Waals surface area (Å²) in [6.45, 7) is 2.58. The quantitative estimate of drug-likeness (QED) is 0.812. The van der Waals surface area contributed by atoms with Gasteiger partial charge >= 0.3 is 0 Å². The number of rotatable bonds is 4. The molecule has 2 aromatic rings. The zero-order valence-electron chi connectivity index (χ0n) is 10.3. The molecule has 0 amide bonds. The van der Waals surface area contributed by atoms with E-state index in [0.717, 1.165) is 16.9 Å². The fourth-order valence-corrected chi connectivity index (χ4v) is 1.83. The standard InChI is InChI=1S/C15H17NO2/c1-2-18-14-8-6-11(7-9-14)15(17)12-4-3-5-13(16)10-12/h3-10,15,17H,2,16H2,1H3. The average molecular weight is 243 g/mol. The van der Waals surface area contributed by atoms with Crippen molar-refractivity contribution < 1.29 is 9.84 Å². The molecule has 18 heavy (non-hydrogen) atoms.